The highest BCUT2D eigenvalue weighted by atomic mass is 32.2. The zero-order valence-electron chi connectivity index (χ0n) is 9.76. The van der Waals surface area contributed by atoms with Gasteiger partial charge in [-0.3, -0.25) is 0 Å². The molecule has 0 radical (unpaired) electrons. The predicted molar refractivity (Wildman–Crippen MR) is 63.4 cm³/mol. The second-order valence-electron chi connectivity index (χ2n) is 3.46. The highest BCUT2D eigenvalue weighted by Crippen LogP contribution is 2.14. The molecule has 0 aromatic heterocycles. The van der Waals surface area contributed by atoms with Crippen molar-refractivity contribution in [2.45, 2.75) is 19.0 Å². The number of aliphatic hydroxyl groups is 1. The van der Waals surface area contributed by atoms with Gasteiger partial charge in [-0.05, 0) is 25.1 Å². The molecule has 0 aliphatic carbocycles. The first-order chi connectivity index (χ1) is 8.06. The van der Waals surface area contributed by atoms with Crippen LogP contribution in [0, 0.1) is 0 Å². The number of nitrogens with one attached hydrogen (secondary N) is 1. The average Bonchev–Trinajstić information content (AvgIpc) is 2.24. The molecule has 104 valence electrons. The summed E-state index contributed by atoms with van der Waals surface area (Å²) in [5, 5.41) is 11.6. The number of halogens is 3. The van der Waals surface area contributed by atoms with Crippen LogP contribution in [0.5, 0.6) is 0 Å². The quantitative estimate of drug-likeness (QED) is 0.563. The van der Waals surface area contributed by atoms with Gasteiger partial charge in [0.2, 0.25) is 0 Å². The molecular formula is C10H20F3NO2S. The molecule has 0 aromatic rings. The van der Waals surface area contributed by atoms with Crippen LogP contribution < -0.4 is 5.32 Å². The summed E-state index contributed by atoms with van der Waals surface area (Å²) in [5.41, 5.74) is 0. The smallest absolute Gasteiger partial charge is 0.396 e. The first-order valence-electron chi connectivity index (χ1n) is 5.60. The van der Waals surface area contributed by atoms with E-state index in [4.69, 9.17) is 5.11 Å². The van der Waals surface area contributed by atoms with Crippen LogP contribution in [0.2, 0.25) is 0 Å². The van der Waals surface area contributed by atoms with Gasteiger partial charge in [0, 0.05) is 25.5 Å². The zero-order chi connectivity index (χ0) is 13.0. The van der Waals surface area contributed by atoms with Gasteiger partial charge in [-0.1, -0.05) is 0 Å². The predicted octanol–water partition coefficient (Wildman–Crippen LogP) is 1.66. The molecule has 0 atom stereocenters. The van der Waals surface area contributed by atoms with Crippen LogP contribution in [-0.2, 0) is 4.74 Å². The molecule has 0 aliphatic heterocycles. The number of hydrogen-bond acceptors (Lipinski definition) is 4. The minimum absolute atomic E-state index is 0.129. The topological polar surface area (TPSA) is 41.5 Å². The third-order valence-electron chi connectivity index (χ3n) is 1.78. The van der Waals surface area contributed by atoms with Crippen molar-refractivity contribution in [3.8, 4) is 0 Å². The first-order valence-corrected chi connectivity index (χ1v) is 6.75. The molecule has 0 heterocycles. The van der Waals surface area contributed by atoms with Gasteiger partial charge in [0.05, 0.1) is 0 Å². The Labute approximate surface area is 104 Å². The highest BCUT2D eigenvalue weighted by molar-refractivity contribution is 7.99. The van der Waals surface area contributed by atoms with E-state index in [9.17, 15) is 13.2 Å². The van der Waals surface area contributed by atoms with E-state index in [2.05, 4.69) is 10.1 Å². The molecule has 0 saturated carbocycles. The van der Waals surface area contributed by atoms with Crippen molar-refractivity contribution >= 4 is 11.8 Å². The van der Waals surface area contributed by atoms with E-state index in [0.717, 1.165) is 24.5 Å². The summed E-state index contributed by atoms with van der Waals surface area (Å²) in [4.78, 5) is 0. The molecule has 0 aliphatic rings. The molecule has 0 saturated heterocycles. The van der Waals surface area contributed by atoms with Gasteiger partial charge in [0.15, 0.2) is 0 Å². The van der Waals surface area contributed by atoms with Gasteiger partial charge in [0.1, 0.15) is 6.61 Å². The van der Waals surface area contributed by atoms with Crippen molar-refractivity contribution in [2.24, 2.45) is 0 Å². The van der Waals surface area contributed by atoms with Crippen LogP contribution in [-0.4, -0.2) is 55.7 Å². The summed E-state index contributed by atoms with van der Waals surface area (Å²) in [5.74, 6) is 1.89. The Balaban J connectivity index is 2.99. The zero-order valence-corrected chi connectivity index (χ0v) is 10.6. The van der Waals surface area contributed by atoms with Crippen LogP contribution in [0.1, 0.15) is 12.8 Å². The average molecular weight is 275 g/mol. The highest BCUT2D eigenvalue weighted by Gasteiger charge is 2.26. The lowest BCUT2D eigenvalue weighted by Gasteiger charge is -2.08. The van der Waals surface area contributed by atoms with Crippen LogP contribution >= 0.6 is 11.8 Å². The van der Waals surface area contributed by atoms with Gasteiger partial charge in [-0.25, -0.2) is 0 Å². The molecular weight excluding hydrogens is 255 g/mol. The van der Waals surface area contributed by atoms with Crippen molar-refractivity contribution in [1.29, 1.82) is 0 Å². The molecule has 17 heavy (non-hydrogen) atoms. The minimum atomic E-state index is -4.23. The Morgan fingerprint density at radius 1 is 1.12 bits per heavy atom. The molecule has 0 spiro atoms. The molecule has 0 rings (SSSR count). The molecule has 0 amide bonds. The van der Waals surface area contributed by atoms with E-state index in [1.165, 1.54) is 0 Å². The second kappa shape index (κ2) is 11.1. The third kappa shape index (κ3) is 16.0. The number of aliphatic hydroxyl groups excluding tert-OH is 1. The van der Waals surface area contributed by atoms with E-state index >= 15 is 0 Å². The van der Waals surface area contributed by atoms with Crippen LogP contribution in [0.3, 0.4) is 0 Å². The Bertz CT molecular complexity index is 170. The van der Waals surface area contributed by atoms with Gasteiger partial charge in [-0.2, -0.15) is 24.9 Å². The summed E-state index contributed by atoms with van der Waals surface area (Å²) in [6, 6.07) is 0. The SMILES string of the molecule is OCCCSCCNCCCOCC(F)(F)F. The Morgan fingerprint density at radius 2 is 1.88 bits per heavy atom. The number of hydrogen-bond donors (Lipinski definition) is 2. The summed E-state index contributed by atoms with van der Waals surface area (Å²) < 4.78 is 39.5. The van der Waals surface area contributed by atoms with Gasteiger partial charge in [-0.15, -0.1) is 0 Å². The lowest BCUT2D eigenvalue weighted by atomic mass is 10.4. The van der Waals surface area contributed by atoms with Crippen molar-refractivity contribution in [2.75, 3.05) is 44.4 Å². The second-order valence-corrected chi connectivity index (χ2v) is 4.69. The van der Waals surface area contributed by atoms with Gasteiger partial charge < -0.3 is 15.2 Å². The van der Waals surface area contributed by atoms with Crippen molar-refractivity contribution in [1.82, 2.24) is 5.32 Å². The van der Waals surface area contributed by atoms with Crippen molar-refractivity contribution < 1.29 is 23.0 Å². The fourth-order valence-corrected chi connectivity index (χ4v) is 1.85. The molecule has 0 fully saturated rings. The monoisotopic (exact) mass is 275 g/mol. The largest absolute Gasteiger partial charge is 0.411 e. The fraction of sp³-hybridized carbons (Fsp3) is 1.00. The van der Waals surface area contributed by atoms with Crippen LogP contribution in [0.15, 0.2) is 0 Å². The molecule has 2 N–H and O–H groups in total. The normalized spacial score (nSPS) is 12.0. The van der Waals surface area contributed by atoms with Crippen LogP contribution in [0.25, 0.3) is 0 Å². The number of alkyl halides is 3. The third-order valence-corrected chi connectivity index (χ3v) is 2.85. The fourth-order valence-electron chi connectivity index (χ4n) is 1.03. The lowest BCUT2D eigenvalue weighted by molar-refractivity contribution is -0.173. The number of rotatable bonds is 11. The first kappa shape index (κ1) is 17.0. The maximum atomic E-state index is 11.7. The lowest BCUT2D eigenvalue weighted by Crippen LogP contribution is -2.22. The van der Waals surface area contributed by atoms with Crippen molar-refractivity contribution in [3.63, 3.8) is 0 Å². The Morgan fingerprint density at radius 3 is 2.53 bits per heavy atom. The van der Waals surface area contributed by atoms with Crippen molar-refractivity contribution in [3.05, 3.63) is 0 Å². The van der Waals surface area contributed by atoms with E-state index in [-0.39, 0.29) is 13.2 Å². The standard InChI is InChI=1S/C10H20F3NO2S/c11-10(12,13)9-16-6-1-3-14-4-8-17-7-2-5-15/h14-15H,1-9H2. The number of ether oxygens (including phenoxy) is 1. The summed E-state index contributed by atoms with van der Waals surface area (Å²) in [7, 11) is 0. The molecule has 0 aromatic carbocycles. The molecule has 7 heteroatoms. The summed E-state index contributed by atoms with van der Waals surface area (Å²) in [6.45, 7) is 0.679. The van der Waals surface area contributed by atoms with E-state index in [1.54, 1.807) is 11.8 Å². The van der Waals surface area contributed by atoms with E-state index in [0.29, 0.717) is 13.0 Å². The summed E-state index contributed by atoms with van der Waals surface area (Å²) >= 11 is 1.75. The van der Waals surface area contributed by atoms with Gasteiger partial charge in [0.25, 0.3) is 0 Å². The molecule has 0 unspecified atom stereocenters. The molecule has 3 nitrogen and oxygen atoms in total. The maximum Gasteiger partial charge on any atom is 0.411 e. The number of thioether (sulfide) groups is 1. The Hall–Kier alpha value is 0.0200. The Kier molecular flexibility index (Phi) is 11.1. The summed E-state index contributed by atoms with van der Waals surface area (Å²) in [6.07, 6.45) is -2.84. The van der Waals surface area contributed by atoms with Crippen LogP contribution in [0.4, 0.5) is 13.2 Å². The molecule has 0 bridgehead atoms. The van der Waals surface area contributed by atoms with E-state index in [1.807, 2.05) is 0 Å². The van der Waals surface area contributed by atoms with E-state index < -0.39 is 12.8 Å². The van der Waals surface area contributed by atoms with Gasteiger partial charge >= 0.3 is 6.18 Å². The maximum absolute atomic E-state index is 11.7. The minimum Gasteiger partial charge on any atom is -0.396 e.